The predicted octanol–water partition coefficient (Wildman–Crippen LogP) is 5.47. The first-order valence-corrected chi connectivity index (χ1v) is 12.5. The number of piperidine rings is 1. The fraction of sp³-hybridized carbons (Fsp3) is 0.414. The lowest BCUT2D eigenvalue weighted by molar-refractivity contribution is -0.136. The van der Waals surface area contributed by atoms with E-state index in [1.54, 1.807) is 19.5 Å². The molecule has 1 aromatic carbocycles. The monoisotopic (exact) mass is 507 g/mol. The molecule has 196 valence electrons. The zero-order chi connectivity index (χ0) is 26.6. The van der Waals surface area contributed by atoms with Gasteiger partial charge in [0.2, 0.25) is 5.88 Å². The molecule has 4 rings (SSSR count). The number of halogens is 1. The summed E-state index contributed by atoms with van der Waals surface area (Å²) >= 11 is 0. The molecule has 3 aromatic rings. The molecule has 0 amide bonds. The van der Waals surface area contributed by atoms with Gasteiger partial charge >= 0.3 is 5.97 Å². The first-order chi connectivity index (χ1) is 17.7. The van der Waals surface area contributed by atoms with Crippen LogP contribution in [-0.2, 0) is 17.6 Å². The number of aryl methyl sites for hydroxylation is 1. The Morgan fingerprint density at radius 1 is 1.14 bits per heavy atom. The average molecular weight is 508 g/mol. The van der Waals surface area contributed by atoms with Crippen molar-refractivity contribution in [2.75, 3.05) is 31.7 Å². The average Bonchev–Trinajstić information content (AvgIpc) is 2.86. The van der Waals surface area contributed by atoms with Crippen LogP contribution in [0.5, 0.6) is 11.6 Å². The number of methoxy groups -OCH3 is 1. The maximum absolute atomic E-state index is 15.1. The molecule has 8 heteroatoms. The Labute approximate surface area is 217 Å². The zero-order valence-electron chi connectivity index (χ0n) is 21.9. The predicted molar refractivity (Wildman–Crippen MR) is 141 cm³/mol. The Kier molecular flexibility index (Phi) is 7.95. The number of aromatic nitrogens is 2. The molecular weight excluding hydrogens is 473 g/mol. The minimum atomic E-state index is -0.925. The number of hydrogen-bond donors (Lipinski definition) is 1. The van der Waals surface area contributed by atoms with Crippen LogP contribution in [0.3, 0.4) is 0 Å². The Morgan fingerprint density at radius 2 is 1.84 bits per heavy atom. The minimum absolute atomic E-state index is 0.0654. The van der Waals surface area contributed by atoms with E-state index in [0.717, 1.165) is 42.9 Å². The standard InChI is InChI=1S/C29H34FN3O4/c1-19-23(16-26(34)35)27(33-12-10-29(2,3)11-13-33)24(18-31-19)21-15-25(30)28(32-17-21)37-14-9-20-5-7-22(36-4)8-6-20/h5-8,15,17-18H,9-14,16H2,1-4H3,(H,34,35). The normalized spacial score (nSPS) is 14.9. The van der Waals surface area contributed by atoms with Gasteiger partial charge in [-0.1, -0.05) is 26.0 Å². The van der Waals surface area contributed by atoms with Crippen LogP contribution in [0.1, 0.15) is 43.5 Å². The van der Waals surface area contributed by atoms with E-state index in [9.17, 15) is 9.90 Å². The largest absolute Gasteiger partial charge is 0.497 e. The number of anilines is 1. The molecule has 3 heterocycles. The lowest BCUT2D eigenvalue weighted by Crippen LogP contribution is -2.38. The van der Waals surface area contributed by atoms with Gasteiger partial charge in [0.1, 0.15) is 5.75 Å². The Balaban J connectivity index is 1.58. The fourth-order valence-electron chi connectivity index (χ4n) is 4.64. The van der Waals surface area contributed by atoms with Gasteiger partial charge in [0.05, 0.1) is 25.8 Å². The van der Waals surface area contributed by atoms with Gasteiger partial charge in [-0.15, -0.1) is 0 Å². The van der Waals surface area contributed by atoms with Crippen molar-refractivity contribution in [2.24, 2.45) is 5.41 Å². The van der Waals surface area contributed by atoms with Crippen molar-refractivity contribution < 1.29 is 23.8 Å². The summed E-state index contributed by atoms with van der Waals surface area (Å²) in [5.41, 5.74) is 4.62. The van der Waals surface area contributed by atoms with Crippen molar-refractivity contribution >= 4 is 11.7 Å². The molecule has 1 fully saturated rings. The van der Waals surface area contributed by atoms with E-state index in [-0.39, 0.29) is 24.3 Å². The number of nitrogens with zero attached hydrogens (tertiary/aromatic N) is 3. The summed E-state index contributed by atoms with van der Waals surface area (Å²) in [7, 11) is 1.62. The number of ether oxygens (including phenoxy) is 2. The summed E-state index contributed by atoms with van der Waals surface area (Å²) in [5.74, 6) is -0.786. The van der Waals surface area contributed by atoms with Crippen LogP contribution in [0.4, 0.5) is 10.1 Å². The molecule has 37 heavy (non-hydrogen) atoms. The molecule has 7 nitrogen and oxygen atoms in total. The highest BCUT2D eigenvalue weighted by molar-refractivity contribution is 5.84. The second-order valence-electron chi connectivity index (χ2n) is 10.3. The number of carboxylic acid groups (broad SMARTS) is 1. The van der Waals surface area contributed by atoms with Crippen LogP contribution in [0.15, 0.2) is 42.7 Å². The summed E-state index contributed by atoms with van der Waals surface area (Å²) in [4.78, 5) is 22.6. The lowest BCUT2D eigenvalue weighted by Gasteiger charge is -2.40. The van der Waals surface area contributed by atoms with Gasteiger partial charge in [-0.2, -0.15) is 0 Å². The molecule has 0 unspecified atom stereocenters. The first kappa shape index (κ1) is 26.4. The number of aliphatic carboxylic acids is 1. The molecule has 0 atom stereocenters. The third-order valence-electron chi connectivity index (χ3n) is 7.03. The summed E-state index contributed by atoms with van der Waals surface area (Å²) in [6, 6.07) is 9.02. The maximum Gasteiger partial charge on any atom is 0.307 e. The fourth-order valence-corrected chi connectivity index (χ4v) is 4.64. The molecule has 0 spiro atoms. The van der Waals surface area contributed by atoms with Gasteiger partial charge in [0.15, 0.2) is 5.82 Å². The summed E-state index contributed by atoms with van der Waals surface area (Å²) in [5, 5.41) is 9.59. The van der Waals surface area contributed by atoms with Crippen LogP contribution in [0.2, 0.25) is 0 Å². The zero-order valence-corrected chi connectivity index (χ0v) is 21.9. The second kappa shape index (κ2) is 11.2. The number of carbonyl (C=O) groups is 1. The van der Waals surface area contributed by atoms with Gasteiger partial charge in [0, 0.05) is 54.3 Å². The highest BCUT2D eigenvalue weighted by atomic mass is 19.1. The van der Waals surface area contributed by atoms with Crippen molar-refractivity contribution in [2.45, 2.75) is 46.5 Å². The topological polar surface area (TPSA) is 84.8 Å². The third kappa shape index (κ3) is 6.37. The second-order valence-corrected chi connectivity index (χ2v) is 10.3. The van der Waals surface area contributed by atoms with Gasteiger partial charge in [-0.25, -0.2) is 9.37 Å². The molecule has 1 saturated heterocycles. The highest BCUT2D eigenvalue weighted by Gasteiger charge is 2.29. The summed E-state index contributed by atoms with van der Waals surface area (Å²) < 4.78 is 25.9. The molecule has 1 aliphatic rings. The number of pyridine rings is 2. The molecule has 0 aliphatic carbocycles. The number of benzene rings is 1. The molecular formula is C29H34FN3O4. The van der Waals surface area contributed by atoms with Gasteiger partial charge in [-0.3, -0.25) is 9.78 Å². The van der Waals surface area contributed by atoms with E-state index >= 15 is 4.39 Å². The van der Waals surface area contributed by atoms with Gasteiger partial charge < -0.3 is 19.5 Å². The van der Waals surface area contributed by atoms with Gasteiger partial charge in [-0.05, 0) is 48.9 Å². The van der Waals surface area contributed by atoms with Crippen LogP contribution in [0, 0.1) is 18.2 Å². The first-order valence-electron chi connectivity index (χ1n) is 12.5. The summed E-state index contributed by atoms with van der Waals surface area (Å²) in [6.45, 7) is 8.16. The molecule has 1 N–H and O–H groups in total. The minimum Gasteiger partial charge on any atom is -0.497 e. The van der Waals surface area contributed by atoms with Crippen molar-refractivity contribution in [1.29, 1.82) is 0 Å². The van der Waals surface area contributed by atoms with Crippen molar-refractivity contribution in [3.05, 3.63) is 65.4 Å². The number of carboxylic acids is 1. The molecule has 1 aliphatic heterocycles. The lowest BCUT2D eigenvalue weighted by atomic mass is 9.82. The maximum atomic E-state index is 15.1. The van der Waals surface area contributed by atoms with E-state index < -0.39 is 11.8 Å². The van der Waals surface area contributed by atoms with Crippen molar-refractivity contribution in [3.63, 3.8) is 0 Å². The number of rotatable bonds is 9. The smallest absolute Gasteiger partial charge is 0.307 e. The van der Waals surface area contributed by atoms with E-state index in [1.807, 2.05) is 31.2 Å². The van der Waals surface area contributed by atoms with E-state index in [4.69, 9.17) is 9.47 Å². The van der Waals surface area contributed by atoms with Gasteiger partial charge in [0.25, 0.3) is 0 Å². The van der Waals surface area contributed by atoms with Crippen LogP contribution < -0.4 is 14.4 Å². The van der Waals surface area contributed by atoms with E-state index in [1.165, 1.54) is 6.07 Å². The quantitative estimate of drug-likeness (QED) is 0.411. The summed E-state index contributed by atoms with van der Waals surface area (Å²) in [6.07, 6.45) is 5.67. The van der Waals surface area contributed by atoms with Crippen LogP contribution >= 0.6 is 0 Å². The molecule has 2 aromatic heterocycles. The third-order valence-corrected chi connectivity index (χ3v) is 7.03. The SMILES string of the molecule is COc1ccc(CCOc2ncc(-c3cnc(C)c(CC(=O)O)c3N3CCC(C)(C)CC3)cc2F)cc1. The molecule has 0 radical (unpaired) electrons. The van der Waals surface area contributed by atoms with Crippen molar-refractivity contribution in [1.82, 2.24) is 9.97 Å². The molecule has 0 bridgehead atoms. The van der Waals surface area contributed by atoms with Crippen LogP contribution in [-0.4, -0.2) is 47.8 Å². The van der Waals surface area contributed by atoms with E-state index in [0.29, 0.717) is 28.8 Å². The Hall–Kier alpha value is -3.68. The number of hydrogen-bond acceptors (Lipinski definition) is 6. The van der Waals surface area contributed by atoms with Crippen LogP contribution in [0.25, 0.3) is 11.1 Å². The van der Waals surface area contributed by atoms with Crippen molar-refractivity contribution in [3.8, 4) is 22.8 Å². The highest BCUT2D eigenvalue weighted by Crippen LogP contribution is 2.40. The van der Waals surface area contributed by atoms with E-state index in [2.05, 4.69) is 28.7 Å². The molecule has 0 saturated carbocycles. The Bertz CT molecular complexity index is 1250. The Morgan fingerprint density at radius 3 is 2.46 bits per heavy atom.